The van der Waals surface area contributed by atoms with E-state index in [1.165, 1.54) is 38.4 Å². The molecular weight excluding hydrogens is 317 g/mol. The van der Waals surface area contributed by atoms with Crippen LogP contribution in [0.15, 0.2) is 48.5 Å². The Hall–Kier alpha value is -2.07. The summed E-state index contributed by atoms with van der Waals surface area (Å²) >= 11 is 0. The van der Waals surface area contributed by atoms with Crippen LogP contribution >= 0.6 is 0 Å². The fraction of sp³-hybridized carbons (Fsp3) is 0.429. The number of hydrogen-bond donors (Lipinski definition) is 0. The zero-order chi connectivity index (χ0) is 17.3. The van der Waals surface area contributed by atoms with Crippen LogP contribution in [0.1, 0.15) is 24.8 Å². The molecule has 1 aliphatic heterocycles. The Morgan fingerprint density at radius 3 is 2.12 bits per heavy atom. The van der Waals surface area contributed by atoms with E-state index in [1.54, 1.807) is 12.1 Å². The topological polar surface area (TPSA) is 21.7 Å². The summed E-state index contributed by atoms with van der Waals surface area (Å²) in [5.41, 5.74) is 0.681. The molecule has 0 amide bonds. The lowest BCUT2D eigenvalue weighted by atomic mass is 10.1. The molecule has 1 aliphatic rings. The Balaban J connectivity index is 1.37. The summed E-state index contributed by atoms with van der Waals surface area (Å²) in [6.07, 6.45) is 4.52. The molecule has 0 unspecified atom stereocenters. The first kappa shape index (κ1) is 17.7. The molecule has 0 radical (unpaired) electrons. The van der Waals surface area contributed by atoms with Gasteiger partial charge in [0.15, 0.2) is 0 Å². The van der Waals surface area contributed by atoms with Gasteiger partial charge in [0.05, 0.1) is 6.61 Å². The Bertz CT molecular complexity index is 639. The van der Waals surface area contributed by atoms with Crippen LogP contribution < -0.4 is 9.47 Å². The predicted molar refractivity (Wildman–Crippen MR) is 97.8 cm³/mol. The van der Waals surface area contributed by atoms with E-state index in [-0.39, 0.29) is 5.82 Å². The highest BCUT2D eigenvalue weighted by molar-refractivity contribution is 5.31. The van der Waals surface area contributed by atoms with E-state index in [1.807, 2.05) is 30.3 Å². The van der Waals surface area contributed by atoms with Crippen LogP contribution in [0.4, 0.5) is 4.39 Å². The zero-order valence-electron chi connectivity index (χ0n) is 14.6. The third-order valence-corrected chi connectivity index (χ3v) is 4.55. The van der Waals surface area contributed by atoms with Crippen molar-refractivity contribution in [2.45, 2.75) is 25.7 Å². The van der Waals surface area contributed by atoms with Crippen LogP contribution in [0.2, 0.25) is 0 Å². The van der Waals surface area contributed by atoms with Crippen LogP contribution in [0.25, 0.3) is 0 Å². The maximum absolute atomic E-state index is 13.5. The second-order valence-corrected chi connectivity index (χ2v) is 6.41. The molecule has 2 aromatic carbocycles. The monoisotopic (exact) mass is 343 g/mol. The highest BCUT2D eigenvalue weighted by atomic mass is 19.1. The van der Waals surface area contributed by atoms with Gasteiger partial charge in [0, 0.05) is 13.0 Å². The minimum atomic E-state index is -0.177. The van der Waals surface area contributed by atoms with Gasteiger partial charge in [-0.1, -0.05) is 24.6 Å². The molecule has 1 heterocycles. The van der Waals surface area contributed by atoms with Crippen molar-refractivity contribution in [3.05, 3.63) is 59.9 Å². The molecule has 0 aliphatic carbocycles. The first-order chi connectivity index (χ1) is 12.3. The first-order valence-corrected chi connectivity index (χ1v) is 9.13. The van der Waals surface area contributed by atoms with Crippen molar-refractivity contribution >= 4 is 0 Å². The summed E-state index contributed by atoms with van der Waals surface area (Å²) in [4.78, 5) is 2.46. The van der Waals surface area contributed by atoms with Crippen molar-refractivity contribution in [3.8, 4) is 11.5 Å². The van der Waals surface area contributed by atoms with Crippen molar-refractivity contribution < 1.29 is 13.9 Å². The van der Waals surface area contributed by atoms with Crippen LogP contribution in [0, 0.1) is 5.82 Å². The Morgan fingerprint density at radius 2 is 1.44 bits per heavy atom. The number of benzene rings is 2. The van der Waals surface area contributed by atoms with Gasteiger partial charge in [0.2, 0.25) is 0 Å². The van der Waals surface area contributed by atoms with E-state index >= 15 is 0 Å². The fourth-order valence-electron chi connectivity index (χ4n) is 3.09. The summed E-state index contributed by atoms with van der Waals surface area (Å²) in [6.45, 7) is 4.54. The Morgan fingerprint density at radius 1 is 0.800 bits per heavy atom. The number of nitrogens with zero attached hydrogens (tertiary/aromatic N) is 1. The van der Waals surface area contributed by atoms with Gasteiger partial charge < -0.3 is 9.47 Å². The molecule has 0 atom stereocenters. The maximum atomic E-state index is 13.5. The zero-order valence-corrected chi connectivity index (χ0v) is 14.6. The second kappa shape index (κ2) is 9.42. The molecule has 3 nitrogen and oxygen atoms in total. The average molecular weight is 343 g/mol. The van der Waals surface area contributed by atoms with E-state index in [2.05, 4.69) is 4.90 Å². The Kier molecular flexibility index (Phi) is 6.69. The third-order valence-electron chi connectivity index (χ3n) is 4.55. The van der Waals surface area contributed by atoms with Crippen molar-refractivity contribution in [1.82, 2.24) is 4.90 Å². The van der Waals surface area contributed by atoms with Gasteiger partial charge >= 0.3 is 0 Å². The standard InChI is InChI=1S/C21H26FNO2/c22-21-7-3-2-6-18(21)12-16-24-19-8-10-20(11-9-19)25-17-15-23-13-4-1-5-14-23/h2-3,6-11H,1,4-5,12-17H2. The highest BCUT2D eigenvalue weighted by Crippen LogP contribution is 2.18. The van der Waals surface area contributed by atoms with Gasteiger partial charge in [0.1, 0.15) is 23.9 Å². The number of likely N-dealkylation sites (tertiary alicyclic amines) is 1. The largest absolute Gasteiger partial charge is 0.493 e. The lowest BCUT2D eigenvalue weighted by molar-refractivity contribution is 0.183. The van der Waals surface area contributed by atoms with Gasteiger partial charge in [0.25, 0.3) is 0 Å². The van der Waals surface area contributed by atoms with Gasteiger partial charge in [-0.2, -0.15) is 0 Å². The maximum Gasteiger partial charge on any atom is 0.126 e. The van der Waals surface area contributed by atoms with Gasteiger partial charge in [-0.3, -0.25) is 4.90 Å². The van der Waals surface area contributed by atoms with Crippen molar-refractivity contribution in [2.75, 3.05) is 32.8 Å². The molecule has 0 saturated carbocycles. The lowest BCUT2D eigenvalue weighted by Gasteiger charge is -2.26. The van der Waals surface area contributed by atoms with E-state index < -0.39 is 0 Å². The summed E-state index contributed by atoms with van der Waals surface area (Å²) in [5.74, 6) is 1.46. The molecule has 1 fully saturated rings. The summed E-state index contributed by atoms with van der Waals surface area (Å²) in [6, 6.07) is 14.5. The second-order valence-electron chi connectivity index (χ2n) is 6.41. The molecule has 0 spiro atoms. The van der Waals surface area contributed by atoms with Crippen molar-refractivity contribution in [3.63, 3.8) is 0 Å². The van der Waals surface area contributed by atoms with E-state index in [9.17, 15) is 4.39 Å². The van der Waals surface area contributed by atoms with Crippen molar-refractivity contribution in [1.29, 1.82) is 0 Å². The lowest BCUT2D eigenvalue weighted by Crippen LogP contribution is -2.33. The van der Waals surface area contributed by atoms with Crippen LogP contribution in [0.3, 0.4) is 0 Å². The summed E-state index contributed by atoms with van der Waals surface area (Å²) in [5, 5.41) is 0. The predicted octanol–water partition coefficient (Wildman–Crippen LogP) is 4.31. The molecule has 4 heteroatoms. The van der Waals surface area contributed by atoms with E-state index in [0.717, 1.165) is 18.0 Å². The Labute approximate surface area is 149 Å². The average Bonchev–Trinajstić information content (AvgIpc) is 2.65. The van der Waals surface area contributed by atoms with Crippen LogP contribution in [0.5, 0.6) is 11.5 Å². The van der Waals surface area contributed by atoms with E-state index in [4.69, 9.17) is 9.47 Å². The number of rotatable bonds is 8. The quantitative estimate of drug-likeness (QED) is 0.713. The smallest absolute Gasteiger partial charge is 0.126 e. The molecule has 25 heavy (non-hydrogen) atoms. The number of piperidine rings is 1. The SMILES string of the molecule is Fc1ccccc1CCOc1ccc(OCCN2CCCCC2)cc1. The minimum Gasteiger partial charge on any atom is -0.493 e. The van der Waals surface area contributed by atoms with Crippen LogP contribution in [-0.2, 0) is 6.42 Å². The first-order valence-electron chi connectivity index (χ1n) is 9.13. The number of hydrogen-bond acceptors (Lipinski definition) is 3. The molecule has 0 aromatic heterocycles. The van der Waals surface area contributed by atoms with Gasteiger partial charge in [-0.05, 0) is 61.8 Å². The highest BCUT2D eigenvalue weighted by Gasteiger charge is 2.09. The number of ether oxygens (including phenoxy) is 2. The fourth-order valence-corrected chi connectivity index (χ4v) is 3.09. The van der Waals surface area contributed by atoms with Crippen LogP contribution in [-0.4, -0.2) is 37.7 Å². The number of halogens is 1. The normalized spacial score (nSPS) is 15.1. The van der Waals surface area contributed by atoms with E-state index in [0.29, 0.717) is 25.2 Å². The third kappa shape index (κ3) is 5.75. The summed E-state index contributed by atoms with van der Waals surface area (Å²) < 4.78 is 25.0. The minimum absolute atomic E-state index is 0.177. The molecule has 134 valence electrons. The van der Waals surface area contributed by atoms with Gasteiger partial charge in [-0.25, -0.2) is 4.39 Å². The molecule has 1 saturated heterocycles. The van der Waals surface area contributed by atoms with Crippen molar-refractivity contribution in [2.24, 2.45) is 0 Å². The molecule has 0 N–H and O–H groups in total. The molecule has 0 bridgehead atoms. The molecule has 3 rings (SSSR count). The molecule has 2 aromatic rings. The molecular formula is C21H26FNO2. The van der Waals surface area contributed by atoms with Gasteiger partial charge in [-0.15, -0.1) is 0 Å². The summed E-state index contributed by atoms with van der Waals surface area (Å²) in [7, 11) is 0.